The van der Waals surface area contributed by atoms with E-state index in [1.54, 1.807) is 6.20 Å². The zero-order chi connectivity index (χ0) is 18.4. The molecule has 1 fully saturated rings. The van der Waals surface area contributed by atoms with Crippen LogP contribution in [0.1, 0.15) is 5.56 Å². The molecule has 0 amide bonds. The summed E-state index contributed by atoms with van der Waals surface area (Å²) in [6.45, 7) is 5.48. The molecule has 0 atom stereocenters. The van der Waals surface area contributed by atoms with E-state index in [1.165, 1.54) is 11.3 Å². The highest BCUT2D eigenvalue weighted by molar-refractivity contribution is 5.98. The Labute approximate surface area is 157 Å². The second-order valence-electron chi connectivity index (χ2n) is 6.94. The smallest absolute Gasteiger partial charge is 0.142 e. The number of morpholine rings is 1. The number of H-pyrrole nitrogens is 1. The van der Waals surface area contributed by atoms with E-state index in [0.29, 0.717) is 5.69 Å². The predicted octanol–water partition coefficient (Wildman–Crippen LogP) is 3.51. The fraction of sp³-hybridized carbons (Fsp3) is 0.238. The number of ether oxygens (including phenoxy) is 1. The number of aromatic nitrogens is 3. The summed E-state index contributed by atoms with van der Waals surface area (Å²) in [4.78, 5) is 15.1. The first kappa shape index (κ1) is 16.1. The molecule has 136 valence electrons. The van der Waals surface area contributed by atoms with E-state index < -0.39 is 0 Å². The van der Waals surface area contributed by atoms with Crippen LogP contribution in [0, 0.1) is 6.92 Å². The van der Waals surface area contributed by atoms with Crippen LogP contribution in [0.25, 0.3) is 33.3 Å². The fourth-order valence-corrected chi connectivity index (χ4v) is 3.78. The van der Waals surface area contributed by atoms with E-state index in [4.69, 9.17) is 15.5 Å². The standard InChI is InChI=1S/C21H21N5O/c1-13-10-17-18(11-19(13)26-6-8-27-9-7-26)25-21(24-17)15-12-23-16-5-3-2-4-14(16)20(15)22/h2-5,10-12H,6-9H2,1H3,(H2,22,23)(H,24,25). The van der Waals surface area contributed by atoms with Gasteiger partial charge in [-0.25, -0.2) is 4.98 Å². The summed E-state index contributed by atoms with van der Waals surface area (Å²) in [6.07, 6.45) is 1.80. The lowest BCUT2D eigenvalue weighted by molar-refractivity contribution is 0.122. The molecule has 5 rings (SSSR count). The molecule has 2 aromatic carbocycles. The van der Waals surface area contributed by atoms with E-state index in [2.05, 4.69) is 33.9 Å². The number of nitrogens with zero attached hydrogens (tertiary/aromatic N) is 3. The number of fused-ring (bicyclic) bond motifs is 2. The van der Waals surface area contributed by atoms with Gasteiger partial charge in [-0.1, -0.05) is 18.2 Å². The van der Waals surface area contributed by atoms with Crippen molar-refractivity contribution in [2.24, 2.45) is 0 Å². The molecule has 0 bridgehead atoms. The lowest BCUT2D eigenvalue weighted by Gasteiger charge is -2.30. The van der Waals surface area contributed by atoms with Crippen LogP contribution in [0.2, 0.25) is 0 Å². The molecule has 27 heavy (non-hydrogen) atoms. The van der Waals surface area contributed by atoms with Crippen molar-refractivity contribution in [3.05, 3.63) is 48.2 Å². The molecule has 1 saturated heterocycles. The van der Waals surface area contributed by atoms with Crippen LogP contribution in [0.4, 0.5) is 11.4 Å². The molecule has 0 unspecified atom stereocenters. The second-order valence-corrected chi connectivity index (χ2v) is 6.94. The Bertz CT molecular complexity index is 1140. The molecule has 4 aromatic rings. The van der Waals surface area contributed by atoms with Crippen LogP contribution in [-0.4, -0.2) is 41.3 Å². The van der Waals surface area contributed by atoms with Crippen molar-refractivity contribution in [2.45, 2.75) is 6.92 Å². The van der Waals surface area contributed by atoms with Crippen molar-refractivity contribution in [1.82, 2.24) is 15.0 Å². The maximum absolute atomic E-state index is 6.43. The summed E-state index contributed by atoms with van der Waals surface area (Å²) >= 11 is 0. The molecule has 0 spiro atoms. The Morgan fingerprint density at radius 2 is 1.93 bits per heavy atom. The quantitative estimate of drug-likeness (QED) is 0.572. The van der Waals surface area contributed by atoms with Gasteiger partial charge in [0, 0.05) is 30.4 Å². The molecule has 2 aromatic heterocycles. The van der Waals surface area contributed by atoms with E-state index in [0.717, 1.165) is 59.6 Å². The lowest BCUT2D eigenvalue weighted by atomic mass is 10.1. The van der Waals surface area contributed by atoms with Gasteiger partial charge in [0.1, 0.15) is 5.82 Å². The number of benzene rings is 2. The Hall–Kier alpha value is -3.12. The van der Waals surface area contributed by atoms with Gasteiger partial charge < -0.3 is 20.4 Å². The van der Waals surface area contributed by atoms with Gasteiger partial charge >= 0.3 is 0 Å². The van der Waals surface area contributed by atoms with E-state index >= 15 is 0 Å². The van der Waals surface area contributed by atoms with Crippen LogP contribution in [0.15, 0.2) is 42.6 Å². The summed E-state index contributed by atoms with van der Waals surface area (Å²) in [7, 11) is 0. The zero-order valence-electron chi connectivity index (χ0n) is 15.2. The topological polar surface area (TPSA) is 80.1 Å². The number of pyridine rings is 1. The largest absolute Gasteiger partial charge is 0.398 e. The van der Waals surface area contributed by atoms with Crippen molar-refractivity contribution < 1.29 is 4.74 Å². The summed E-state index contributed by atoms with van der Waals surface area (Å²) in [5.41, 5.74) is 13.2. The summed E-state index contributed by atoms with van der Waals surface area (Å²) in [6, 6.07) is 12.2. The average molecular weight is 359 g/mol. The molecule has 0 aliphatic carbocycles. The van der Waals surface area contributed by atoms with Crippen LogP contribution in [0.3, 0.4) is 0 Å². The van der Waals surface area contributed by atoms with Crippen LogP contribution < -0.4 is 10.6 Å². The fourth-order valence-electron chi connectivity index (χ4n) is 3.78. The molecule has 6 nitrogen and oxygen atoms in total. The second kappa shape index (κ2) is 6.25. The van der Waals surface area contributed by atoms with Gasteiger partial charge in [0.15, 0.2) is 0 Å². The summed E-state index contributed by atoms with van der Waals surface area (Å²) in [5, 5.41) is 0.945. The molecule has 6 heteroatoms. The van der Waals surface area contributed by atoms with E-state index in [-0.39, 0.29) is 0 Å². The minimum atomic E-state index is 0.699. The Balaban J connectivity index is 1.62. The number of nitrogen functional groups attached to an aromatic ring is 1. The van der Waals surface area contributed by atoms with Gasteiger partial charge in [0.05, 0.1) is 41.0 Å². The van der Waals surface area contributed by atoms with Crippen LogP contribution >= 0.6 is 0 Å². The molecule has 3 heterocycles. The van der Waals surface area contributed by atoms with Gasteiger partial charge in [0.25, 0.3) is 0 Å². The van der Waals surface area contributed by atoms with Crippen molar-refractivity contribution in [3.63, 3.8) is 0 Å². The van der Waals surface area contributed by atoms with Gasteiger partial charge in [0.2, 0.25) is 0 Å². The van der Waals surface area contributed by atoms with Crippen LogP contribution in [0.5, 0.6) is 0 Å². The molecule has 0 radical (unpaired) electrons. The summed E-state index contributed by atoms with van der Waals surface area (Å²) < 4.78 is 5.47. The van der Waals surface area contributed by atoms with Crippen LogP contribution in [-0.2, 0) is 4.74 Å². The molecular formula is C21H21N5O. The highest BCUT2D eigenvalue weighted by Crippen LogP contribution is 2.32. The number of anilines is 2. The first-order valence-corrected chi connectivity index (χ1v) is 9.17. The van der Waals surface area contributed by atoms with Gasteiger partial charge in [-0.2, -0.15) is 0 Å². The van der Waals surface area contributed by atoms with Crippen molar-refractivity contribution in [2.75, 3.05) is 36.9 Å². The minimum Gasteiger partial charge on any atom is -0.398 e. The van der Waals surface area contributed by atoms with E-state index in [1.807, 2.05) is 24.3 Å². The number of nitrogens with two attached hydrogens (primary N) is 1. The lowest BCUT2D eigenvalue weighted by Crippen LogP contribution is -2.36. The number of rotatable bonds is 2. The van der Waals surface area contributed by atoms with E-state index in [9.17, 15) is 0 Å². The number of para-hydroxylation sites is 1. The predicted molar refractivity (Wildman–Crippen MR) is 109 cm³/mol. The highest BCUT2D eigenvalue weighted by Gasteiger charge is 2.17. The van der Waals surface area contributed by atoms with Crippen molar-refractivity contribution >= 4 is 33.3 Å². The third-order valence-corrected chi connectivity index (χ3v) is 5.22. The maximum Gasteiger partial charge on any atom is 0.142 e. The number of hydrogen-bond acceptors (Lipinski definition) is 5. The van der Waals surface area contributed by atoms with Crippen molar-refractivity contribution in [3.8, 4) is 11.4 Å². The SMILES string of the molecule is Cc1cc2[nH]c(-c3cnc4ccccc4c3N)nc2cc1N1CCOCC1. The number of aromatic amines is 1. The monoisotopic (exact) mass is 359 g/mol. The maximum atomic E-state index is 6.43. The molecule has 1 aliphatic rings. The summed E-state index contributed by atoms with van der Waals surface area (Å²) in [5.74, 6) is 0.749. The number of nitrogens with one attached hydrogen (secondary N) is 1. The number of imidazole rings is 1. The Morgan fingerprint density at radius 1 is 1.11 bits per heavy atom. The Morgan fingerprint density at radius 3 is 2.78 bits per heavy atom. The first-order chi connectivity index (χ1) is 13.2. The molecule has 1 aliphatic heterocycles. The van der Waals surface area contributed by atoms with Gasteiger partial charge in [-0.3, -0.25) is 4.98 Å². The minimum absolute atomic E-state index is 0.699. The Kier molecular flexibility index (Phi) is 3.72. The zero-order valence-corrected chi connectivity index (χ0v) is 15.2. The van der Waals surface area contributed by atoms with Gasteiger partial charge in [-0.15, -0.1) is 0 Å². The molecule has 0 saturated carbocycles. The third-order valence-electron chi connectivity index (χ3n) is 5.22. The molecular weight excluding hydrogens is 338 g/mol. The first-order valence-electron chi connectivity index (χ1n) is 9.17. The van der Waals surface area contributed by atoms with Gasteiger partial charge in [-0.05, 0) is 30.7 Å². The highest BCUT2D eigenvalue weighted by atomic mass is 16.5. The van der Waals surface area contributed by atoms with Crippen molar-refractivity contribution in [1.29, 1.82) is 0 Å². The number of hydrogen-bond donors (Lipinski definition) is 2. The third kappa shape index (κ3) is 2.69. The number of aryl methyl sites for hydroxylation is 1. The molecule has 3 N–H and O–H groups in total. The normalized spacial score (nSPS) is 14.9. The average Bonchev–Trinajstić information content (AvgIpc) is 3.11.